The highest BCUT2D eigenvalue weighted by Crippen LogP contribution is 2.40. The van der Waals surface area contributed by atoms with Crippen molar-refractivity contribution in [2.24, 2.45) is 0 Å². The average Bonchev–Trinajstić information content (AvgIpc) is 3.00. The summed E-state index contributed by atoms with van der Waals surface area (Å²) in [6.07, 6.45) is 0. The monoisotopic (exact) mass is 437 g/mol. The molecule has 1 amide bonds. The summed E-state index contributed by atoms with van der Waals surface area (Å²) in [6.45, 7) is 0.232. The van der Waals surface area contributed by atoms with E-state index in [-0.39, 0.29) is 17.9 Å². The van der Waals surface area contributed by atoms with Crippen LogP contribution in [0.25, 0.3) is 5.76 Å². The third kappa shape index (κ3) is 3.84. The standard InChI is InChI=1S/C24H17Cl2NO3/c25-18-10-6-16(7-11-18)21-20(22(28)17-8-12-19(26)13-9-17)23(29)24(30)27(21)14-15-4-2-1-3-5-15/h1-13,21,28H,14H2/b22-20+. The maximum atomic E-state index is 13.0. The molecule has 1 heterocycles. The van der Waals surface area contributed by atoms with Gasteiger partial charge >= 0.3 is 0 Å². The van der Waals surface area contributed by atoms with Crippen LogP contribution < -0.4 is 0 Å². The molecular weight excluding hydrogens is 421 g/mol. The van der Waals surface area contributed by atoms with Crippen LogP contribution in [0.5, 0.6) is 0 Å². The number of benzene rings is 3. The molecule has 1 aliphatic rings. The average molecular weight is 438 g/mol. The number of likely N-dealkylation sites (tertiary alicyclic amines) is 1. The van der Waals surface area contributed by atoms with Crippen molar-refractivity contribution in [2.45, 2.75) is 12.6 Å². The minimum absolute atomic E-state index is 0.0422. The molecule has 4 nitrogen and oxygen atoms in total. The van der Waals surface area contributed by atoms with Gasteiger partial charge in [-0.2, -0.15) is 0 Å². The minimum atomic E-state index is -0.738. The molecule has 1 N–H and O–H groups in total. The number of halogens is 2. The fraction of sp³-hybridized carbons (Fsp3) is 0.0833. The molecule has 1 atom stereocenters. The Morgan fingerprint density at radius 2 is 1.40 bits per heavy atom. The van der Waals surface area contributed by atoms with Crippen LogP contribution in [0, 0.1) is 0 Å². The molecule has 150 valence electrons. The summed E-state index contributed by atoms with van der Waals surface area (Å²) < 4.78 is 0. The van der Waals surface area contributed by atoms with Gasteiger partial charge in [-0.1, -0.05) is 65.7 Å². The Hall–Kier alpha value is -3.08. The number of aliphatic hydroxyl groups excluding tert-OH is 1. The van der Waals surface area contributed by atoms with Crippen LogP contribution in [0.1, 0.15) is 22.7 Å². The third-order valence-electron chi connectivity index (χ3n) is 5.04. The van der Waals surface area contributed by atoms with Gasteiger partial charge < -0.3 is 10.0 Å². The van der Waals surface area contributed by atoms with Gasteiger partial charge in [0.25, 0.3) is 11.7 Å². The van der Waals surface area contributed by atoms with Gasteiger partial charge in [-0.3, -0.25) is 9.59 Å². The second-order valence-electron chi connectivity index (χ2n) is 6.97. The van der Waals surface area contributed by atoms with Crippen molar-refractivity contribution in [1.29, 1.82) is 0 Å². The first-order valence-electron chi connectivity index (χ1n) is 9.29. The lowest BCUT2D eigenvalue weighted by Gasteiger charge is -2.25. The van der Waals surface area contributed by atoms with Gasteiger partial charge in [0.1, 0.15) is 5.76 Å². The van der Waals surface area contributed by atoms with E-state index in [2.05, 4.69) is 0 Å². The van der Waals surface area contributed by atoms with Crippen molar-refractivity contribution in [2.75, 3.05) is 0 Å². The minimum Gasteiger partial charge on any atom is -0.507 e. The molecule has 1 aliphatic heterocycles. The first-order valence-corrected chi connectivity index (χ1v) is 10.0. The summed E-state index contributed by atoms with van der Waals surface area (Å²) in [5, 5.41) is 12.0. The summed E-state index contributed by atoms with van der Waals surface area (Å²) in [4.78, 5) is 27.4. The Balaban J connectivity index is 1.85. The van der Waals surface area contributed by atoms with Gasteiger partial charge in [-0.15, -0.1) is 0 Å². The van der Waals surface area contributed by atoms with Crippen LogP contribution >= 0.6 is 23.2 Å². The summed E-state index contributed by atoms with van der Waals surface area (Å²) in [5.74, 6) is -1.62. The molecule has 1 unspecified atom stereocenters. The second kappa shape index (κ2) is 8.34. The summed E-state index contributed by atoms with van der Waals surface area (Å²) >= 11 is 12.0. The number of hydrogen-bond acceptors (Lipinski definition) is 3. The number of carbonyl (C=O) groups is 2. The normalized spacial score (nSPS) is 18.1. The first kappa shape index (κ1) is 20.2. The Morgan fingerprint density at radius 1 is 0.833 bits per heavy atom. The van der Waals surface area contributed by atoms with Gasteiger partial charge in [0, 0.05) is 22.2 Å². The smallest absolute Gasteiger partial charge is 0.295 e. The highest BCUT2D eigenvalue weighted by atomic mass is 35.5. The van der Waals surface area contributed by atoms with Gasteiger partial charge in [-0.05, 0) is 47.5 Å². The van der Waals surface area contributed by atoms with Crippen molar-refractivity contribution in [3.63, 3.8) is 0 Å². The van der Waals surface area contributed by atoms with E-state index in [1.165, 1.54) is 4.90 Å². The molecule has 3 aromatic carbocycles. The molecule has 0 aromatic heterocycles. The molecule has 1 saturated heterocycles. The lowest BCUT2D eigenvalue weighted by molar-refractivity contribution is -0.140. The number of rotatable bonds is 4. The lowest BCUT2D eigenvalue weighted by atomic mass is 9.95. The zero-order valence-electron chi connectivity index (χ0n) is 15.8. The maximum Gasteiger partial charge on any atom is 0.295 e. The van der Waals surface area contributed by atoms with E-state index in [9.17, 15) is 14.7 Å². The number of aliphatic hydroxyl groups is 1. The van der Waals surface area contributed by atoms with Crippen LogP contribution in [0.3, 0.4) is 0 Å². The third-order valence-corrected chi connectivity index (χ3v) is 5.54. The van der Waals surface area contributed by atoms with Crippen molar-refractivity contribution in [1.82, 2.24) is 4.90 Å². The molecule has 0 saturated carbocycles. The number of ketones is 1. The number of carbonyl (C=O) groups excluding carboxylic acids is 2. The van der Waals surface area contributed by atoms with Crippen LogP contribution in [-0.4, -0.2) is 21.7 Å². The second-order valence-corrected chi connectivity index (χ2v) is 7.84. The number of amides is 1. The zero-order chi connectivity index (χ0) is 21.3. The predicted octanol–water partition coefficient (Wildman–Crippen LogP) is 5.62. The molecule has 3 aromatic rings. The predicted molar refractivity (Wildman–Crippen MR) is 117 cm³/mol. The largest absolute Gasteiger partial charge is 0.507 e. The van der Waals surface area contributed by atoms with Gasteiger partial charge in [0.15, 0.2) is 0 Å². The highest BCUT2D eigenvalue weighted by Gasteiger charge is 2.46. The molecule has 1 fully saturated rings. The van der Waals surface area contributed by atoms with E-state index >= 15 is 0 Å². The number of hydrogen-bond donors (Lipinski definition) is 1. The molecule has 6 heteroatoms. The Kier molecular flexibility index (Phi) is 5.62. The van der Waals surface area contributed by atoms with Gasteiger partial charge in [0.05, 0.1) is 11.6 Å². The molecule has 4 rings (SSSR count). The first-order chi connectivity index (χ1) is 14.5. The van der Waals surface area contributed by atoms with Crippen molar-refractivity contribution in [3.8, 4) is 0 Å². The molecule has 0 spiro atoms. The van der Waals surface area contributed by atoms with Crippen LogP contribution in [-0.2, 0) is 16.1 Å². The maximum absolute atomic E-state index is 13.0. The van der Waals surface area contributed by atoms with Crippen molar-refractivity contribution in [3.05, 3.63) is 111 Å². The van der Waals surface area contributed by atoms with E-state index in [1.807, 2.05) is 30.3 Å². The Bertz CT molecular complexity index is 1120. The molecule has 0 radical (unpaired) electrons. The van der Waals surface area contributed by atoms with E-state index in [1.54, 1.807) is 48.5 Å². The van der Waals surface area contributed by atoms with E-state index < -0.39 is 17.7 Å². The molecule has 0 aliphatic carbocycles. The lowest BCUT2D eigenvalue weighted by Crippen LogP contribution is -2.29. The van der Waals surface area contributed by atoms with E-state index in [0.29, 0.717) is 21.2 Å². The highest BCUT2D eigenvalue weighted by molar-refractivity contribution is 6.46. The fourth-order valence-electron chi connectivity index (χ4n) is 3.58. The van der Waals surface area contributed by atoms with Crippen molar-refractivity contribution < 1.29 is 14.7 Å². The fourth-order valence-corrected chi connectivity index (χ4v) is 3.83. The van der Waals surface area contributed by atoms with Gasteiger partial charge in [-0.25, -0.2) is 0 Å². The van der Waals surface area contributed by atoms with Crippen LogP contribution in [0.15, 0.2) is 84.4 Å². The number of Topliss-reactive ketones (excluding diaryl/α,β-unsaturated/α-hetero) is 1. The Morgan fingerprint density at radius 3 is 2.00 bits per heavy atom. The topological polar surface area (TPSA) is 57.6 Å². The summed E-state index contributed by atoms with van der Waals surface area (Å²) in [6, 6.07) is 22.0. The van der Waals surface area contributed by atoms with Crippen molar-refractivity contribution >= 4 is 40.7 Å². The SMILES string of the molecule is O=C1C(=O)N(Cc2ccccc2)C(c2ccc(Cl)cc2)/C1=C(\O)c1ccc(Cl)cc1. The quantitative estimate of drug-likeness (QED) is 0.327. The molecule has 30 heavy (non-hydrogen) atoms. The number of nitrogens with zero attached hydrogens (tertiary/aromatic N) is 1. The molecule has 0 bridgehead atoms. The van der Waals surface area contributed by atoms with Crippen LogP contribution in [0.4, 0.5) is 0 Å². The molecular formula is C24H17Cl2NO3. The van der Waals surface area contributed by atoms with Crippen LogP contribution in [0.2, 0.25) is 10.0 Å². The van der Waals surface area contributed by atoms with Gasteiger partial charge in [0.2, 0.25) is 0 Å². The zero-order valence-corrected chi connectivity index (χ0v) is 17.3. The summed E-state index contributed by atoms with van der Waals surface area (Å²) in [5.41, 5.74) is 2.02. The summed E-state index contributed by atoms with van der Waals surface area (Å²) in [7, 11) is 0. The van der Waals surface area contributed by atoms with E-state index in [0.717, 1.165) is 5.56 Å². The van der Waals surface area contributed by atoms with E-state index in [4.69, 9.17) is 23.2 Å². The Labute approximate surface area is 184 Å².